The van der Waals surface area contributed by atoms with Gasteiger partial charge in [-0.3, -0.25) is 0 Å². The van der Waals surface area contributed by atoms with Crippen molar-refractivity contribution in [2.24, 2.45) is 0 Å². The molecule has 90 valence electrons. The minimum Gasteiger partial charge on any atom is -0.143 e. The minimum atomic E-state index is 1.06. The summed E-state index contributed by atoms with van der Waals surface area (Å²) in [4.78, 5) is 1.06. The normalized spacial score (nSPS) is 10.7. The van der Waals surface area contributed by atoms with E-state index in [0.29, 0.717) is 0 Å². The van der Waals surface area contributed by atoms with Gasteiger partial charge >= 0.3 is 0 Å². The number of hydrogen-bond donors (Lipinski definition) is 1. The van der Waals surface area contributed by atoms with Gasteiger partial charge in [0.15, 0.2) is 0 Å². The van der Waals surface area contributed by atoms with Gasteiger partial charge in [0, 0.05) is 4.90 Å². The molecule has 0 fully saturated rings. The van der Waals surface area contributed by atoms with E-state index < -0.39 is 0 Å². The highest BCUT2D eigenvalue weighted by atomic mass is 32.1. The molecule has 2 aromatic rings. The second-order valence-corrected chi connectivity index (χ2v) is 5.62. The van der Waals surface area contributed by atoms with Gasteiger partial charge in [0.05, 0.1) is 0 Å². The first-order valence-corrected chi connectivity index (χ1v) is 6.74. The van der Waals surface area contributed by atoms with Crippen molar-refractivity contribution >= 4 is 39.2 Å². The molecule has 0 bridgehead atoms. The fourth-order valence-corrected chi connectivity index (χ4v) is 2.72. The van der Waals surface area contributed by atoms with Crippen LogP contribution in [0.5, 0.6) is 0 Å². The van der Waals surface area contributed by atoms with Crippen LogP contribution in [0, 0.1) is 20.8 Å². The fraction of sp³-hybridized carbons (Fsp3) is 0.200. The van der Waals surface area contributed by atoms with Crippen LogP contribution in [0.1, 0.15) is 16.7 Å². The van der Waals surface area contributed by atoms with E-state index in [1.165, 1.54) is 38.7 Å². The zero-order valence-electron chi connectivity index (χ0n) is 11.8. The molecular formula is C15H18B2S. The largest absolute Gasteiger partial charge is 0.143 e. The van der Waals surface area contributed by atoms with E-state index in [1.807, 2.05) is 0 Å². The Hall–Kier alpha value is -1.08. The number of rotatable bonds is 1. The Labute approximate surface area is 117 Å². The molecule has 0 heterocycles. The Morgan fingerprint density at radius 1 is 0.944 bits per heavy atom. The van der Waals surface area contributed by atoms with E-state index in [0.717, 1.165) is 4.90 Å². The molecule has 0 aliphatic rings. The lowest BCUT2D eigenvalue weighted by Gasteiger charge is -2.15. The van der Waals surface area contributed by atoms with Gasteiger partial charge in [-0.15, -0.1) is 12.6 Å². The molecule has 0 aliphatic heterocycles. The van der Waals surface area contributed by atoms with Crippen LogP contribution in [0.2, 0.25) is 0 Å². The lowest BCUT2D eigenvalue weighted by molar-refractivity contribution is 1.26. The topological polar surface area (TPSA) is 0 Å². The van der Waals surface area contributed by atoms with E-state index in [2.05, 4.69) is 73.4 Å². The zero-order chi connectivity index (χ0) is 13.4. The van der Waals surface area contributed by atoms with Crippen molar-refractivity contribution in [3.05, 3.63) is 41.0 Å². The Morgan fingerprint density at radius 3 is 2.06 bits per heavy atom. The number of aryl methyl sites for hydroxylation is 2. The third-order valence-corrected chi connectivity index (χ3v) is 4.30. The summed E-state index contributed by atoms with van der Waals surface area (Å²) in [5, 5.41) is 0. The first-order valence-electron chi connectivity index (χ1n) is 6.29. The highest BCUT2D eigenvalue weighted by Crippen LogP contribution is 2.27. The van der Waals surface area contributed by atoms with Crippen molar-refractivity contribution in [1.29, 1.82) is 0 Å². The molecule has 0 saturated heterocycles. The Balaban J connectivity index is 2.74. The molecule has 0 radical (unpaired) electrons. The van der Waals surface area contributed by atoms with Gasteiger partial charge in [-0.2, -0.15) is 0 Å². The van der Waals surface area contributed by atoms with Crippen molar-refractivity contribution < 1.29 is 0 Å². The van der Waals surface area contributed by atoms with Crippen LogP contribution in [0.3, 0.4) is 0 Å². The van der Waals surface area contributed by atoms with Crippen LogP contribution in [0.4, 0.5) is 0 Å². The van der Waals surface area contributed by atoms with Crippen molar-refractivity contribution in [3.63, 3.8) is 0 Å². The number of benzene rings is 2. The molecule has 2 rings (SSSR count). The van der Waals surface area contributed by atoms with Crippen molar-refractivity contribution in [2.75, 3.05) is 0 Å². The average Bonchev–Trinajstić information content (AvgIpc) is 2.31. The van der Waals surface area contributed by atoms with E-state index in [1.54, 1.807) is 0 Å². The monoisotopic (exact) mass is 252 g/mol. The third-order valence-electron chi connectivity index (χ3n) is 3.93. The maximum absolute atomic E-state index is 4.62. The standard InChI is InChI=1S/C15H18B2S/c1-8-6-11(7-9(2)10(8)3)14-13(18)5-4-12(16)15(14)17/h4-7,18H,16-17H2,1-3H3. The van der Waals surface area contributed by atoms with Gasteiger partial charge in [0.1, 0.15) is 15.7 Å². The molecule has 0 nitrogen and oxygen atoms in total. The molecular weight excluding hydrogens is 234 g/mol. The van der Waals surface area contributed by atoms with Crippen LogP contribution in [-0.2, 0) is 0 Å². The summed E-state index contributed by atoms with van der Waals surface area (Å²) in [5.74, 6) is 0. The molecule has 0 spiro atoms. The van der Waals surface area contributed by atoms with Crippen LogP contribution >= 0.6 is 12.6 Å². The van der Waals surface area contributed by atoms with Crippen molar-refractivity contribution in [1.82, 2.24) is 0 Å². The molecule has 0 aromatic heterocycles. The fourth-order valence-electron chi connectivity index (χ4n) is 2.35. The summed E-state index contributed by atoms with van der Waals surface area (Å²) in [5.41, 5.74) is 9.26. The quantitative estimate of drug-likeness (QED) is 0.570. The maximum Gasteiger partial charge on any atom is 0.139 e. The Kier molecular flexibility index (Phi) is 3.63. The van der Waals surface area contributed by atoms with E-state index in [9.17, 15) is 0 Å². The Morgan fingerprint density at radius 2 is 1.50 bits per heavy atom. The second kappa shape index (κ2) is 4.89. The molecule has 2 aromatic carbocycles. The first-order chi connectivity index (χ1) is 8.41. The predicted molar refractivity (Wildman–Crippen MR) is 89.7 cm³/mol. The van der Waals surface area contributed by atoms with E-state index >= 15 is 0 Å². The average molecular weight is 252 g/mol. The lowest BCUT2D eigenvalue weighted by Crippen LogP contribution is -2.27. The SMILES string of the molecule is Bc1ccc(S)c(-c2cc(C)c(C)c(C)c2)c1B. The molecule has 0 amide bonds. The van der Waals surface area contributed by atoms with E-state index in [4.69, 9.17) is 0 Å². The molecule has 0 saturated carbocycles. The molecule has 0 N–H and O–H groups in total. The van der Waals surface area contributed by atoms with E-state index in [-0.39, 0.29) is 0 Å². The van der Waals surface area contributed by atoms with Gasteiger partial charge < -0.3 is 0 Å². The van der Waals surface area contributed by atoms with Gasteiger partial charge in [-0.25, -0.2) is 0 Å². The molecule has 3 heteroatoms. The van der Waals surface area contributed by atoms with Crippen LogP contribution in [0.25, 0.3) is 11.1 Å². The number of hydrogen-bond acceptors (Lipinski definition) is 1. The molecule has 0 aliphatic carbocycles. The zero-order valence-corrected chi connectivity index (χ0v) is 12.7. The Bertz CT molecular complexity index is 595. The molecule has 18 heavy (non-hydrogen) atoms. The number of thiol groups is 1. The smallest absolute Gasteiger partial charge is 0.139 e. The lowest BCUT2D eigenvalue weighted by atomic mass is 9.76. The van der Waals surface area contributed by atoms with Crippen molar-refractivity contribution in [2.45, 2.75) is 25.7 Å². The summed E-state index contributed by atoms with van der Waals surface area (Å²) in [7, 11) is 4.33. The highest BCUT2D eigenvalue weighted by Gasteiger charge is 2.10. The van der Waals surface area contributed by atoms with Crippen LogP contribution in [0.15, 0.2) is 29.2 Å². The molecule has 0 unspecified atom stereocenters. The summed E-state index contributed by atoms with van der Waals surface area (Å²) in [6.45, 7) is 6.53. The maximum atomic E-state index is 4.62. The van der Waals surface area contributed by atoms with Gasteiger partial charge in [0.25, 0.3) is 0 Å². The summed E-state index contributed by atoms with van der Waals surface area (Å²) in [6, 6.07) is 8.76. The van der Waals surface area contributed by atoms with Gasteiger partial charge in [-0.05, 0) is 54.7 Å². The summed E-state index contributed by atoms with van der Waals surface area (Å²) < 4.78 is 0. The predicted octanol–water partition coefficient (Wildman–Crippen LogP) is 1.08. The minimum absolute atomic E-state index is 1.06. The first kappa shape index (κ1) is 13.4. The van der Waals surface area contributed by atoms with Gasteiger partial charge in [-0.1, -0.05) is 29.1 Å². The van der Waals surface area contributed by atoms with Crippen LogP contribution in [-0.4, -0.2) is 15.7 Å². The second-order valence-electron chi connectivity index (χ2n) is 5.14. The summed E-state index contributed by atoms with van der Waals surface area (Å²) in [6.07, 6.45) is 0. The third kappa shape index (κ3) is 2.24. The highest BCUT2D eigenvalue weighted by molar-refractivity contribution is 7.80. The van der Waals surface area contributed by atoms with Crippen molar-refractivity contribution in [3.8, 4) is 11.1 Å². The molecule has 0 atom stereocenters. The summed E-state index contributed by atoms with van der Waals surface area (Å²) >= 11 is 4.62. The van der Waals surface area contributed by atoms with Crippen LogP contribution < -0.4 is 10.9 Å². The van der Waals surface area contributed by atoms with Gasteiger partial charge in [0.2, 0.25) is 0 Å².